The van der Waals surface area contributed by atoms with Crippen LogP contribution in [-0.2, 0) is 9.53 Å². The smallest absolute Gasteiger partial charge is 0.319 e. The lowest BCUT2D eigenvalue weighted by Crippen LogP contribution is -2.42. The maximum atomic E-state index is 12.8. The lowest BCUT2D eigenvalue weighted by molar-refractivity contribution is -0.384. The Kier molecular flexibility index (Phi) is 4.35. The van der Waals surface area contributed by atoms with Gasteiger partial charge in [-0.1, -0.05) is 31.4 Å². The van der Waals surface area contributed by atoms with E-state index in [0.29, 0.717) is 12.8 Å². The van der Waals surface area contributed by atoms with Crippen LogP contribution in [0.25, 0.3) is 0 Å². The largest absolute Gasteiger partial charge is 0.468 e. The van der Waals surface area contributed by atoms with Crippen LogP contribution in [0.2, 0.25) is 0 Å². The van der Waals surface area contributed by atoms with Crippen molar-refractivity contribution in [1.82, 2.24) is 0 Å². The zero-order valence-corrected chi connectivity index (χ0v) is 11.8. The van der Waals surface area contributed by atoms with Crippen molar-refractivity contribution in [3.05, 3.63) is 39.9 Å². The highest BCUT2D eigenvalue weighted by Gasteiger charge is 2.47. The molecule has 2 rings (SSSR count). The molecular weight excluding hydrogens is 274 g/mol. The molecule has 6 nitrogen and oxygen atoms in total. The fraction of sp³-hybridized carbons (Fsp3) is 0.467. The maximum absolute atomic E-state index is 12.8. The molecule has 6 heteroatoms. The Morgan fingerprint density at radius 1 is 1.24 bits per heavy atom. The molecule has 0 amide bonds. The number of Topliss-reactive ketones (excluding diaryl/α,β-unsaturated/α-hetero) is 1. The quantitative estimate of drug-likeness (QED) is 0.280. The summed E-state index contributed by atoms with van der Waals surface area (Å²) in [6.07, 6.45) is 3.38. The number of esters is 1. The minimum absolute atomic E-state index is 0.156. The van der Waals surface area contributed by atoms with E-state index in [4.69, 9.17) is 4.74 Å². The SMILES string of the molecule is COC(=O)C1(C(=O)c2cccc([N+](=O)[O-])c2)CCCCC1. The van der Waals surface area contributed by atoms with Crippen LogP contribution >= 0.6 is 0 Å². The second-order valence-electron chi connectivity index (χ2n) is 5.27. The summed E-state index contributed by atoms with van der Waals surface area (Å²) in [6.45, 7) is 0. The Morgan fingerprint density at radius 2 is 1.90 bits per heavy atom. The van der Waals surface area contributed by atoms with Gasteiger partial charge in [-0.25, -0.2) is 0 Å². The first-order valence-electron chi connectivity index (χ1n) is 6.89. The van der Waals surface area contributed by atoms with Crippen LogP contribution in [0.4, 0.5) is 5.69 Å². The average molecular weight is 291 g/mol. The molecule has 1 fully saturated rings. The number of hydrogen-bond donors (Lipinski definition) is 0. The number of methoxy groups -OCH3 is 1. The lowest BCUT2D eigenvalue weighted by atomic mass is 9.69. The number of ether oxygens (including phenoxy) is 1. The first-order chi connectivity index (χ1) is 10.0. The standard InChI is InChI=1S/C15H17NO5/c1-21-14(18)15(8-3-2-4-9-15)13(17)11-6-5-7-12(10-11)16(19)20/h5-7,10H,2-4,8-9H2,1H3. The van der Waals surface area contributed by atoms with Crippen molar-refractivity contribution in [1.29, 1.82) is 0 Å². The fourth-order valence-corrected chi connectivity index (χ4v) is 2.91. The molecule has 1 aliphatic rings. The van der Waals surface area contributed by atoms with Gasteiger partial charge >= 0.3 is 5.97 Å². The molecule has 0 bridgehead atoms. The van der Waals surface area contributed by atoms with Crippen molar-refractivity contribution < 1.29 is 19.2 Å². The number of nitro benzene ring substituents is 1. The lowest BCUT2D eigenvalue weighted by Gasteiger charge is -2.32. The Hall–Kier alpha value is -2.24. The van der Waals surface area contributed by atoms with Crippen LogP contribution in [0.3, 0.4) is 0 Å². The van der Waals surface area contributed by atoms with Crippen molar-refractivity contribution in [2.45, 2.75) is 32.1 Å². The minimum Gasteiger partial charge on any atom is -0.468 e. The van der Waals surface area contributed by atoms with Gasteiger partial charge in [-0.05, 0) is 12.8 Å². The zero-order chi connectivity index (χ0) is 15.5. The Balaban J connectivity index is 2.41. The van der Waals surface area contributed by atoms with Crippen LogP contribution in [0, 0.1) is 15.5 Å². The van der Waals surface area contributed by atoms with Gasteiger partial charge in [0, 0.05) is 17.7 Å². The van der Waals surface area contributed by atoms with Crippen LogP contribution in [0.15, 0.2) is 24.3 Å². The number of nitrogens with zero attached hydrogens (tertiary/aromatic N) is 1. The van der Waals surface area contributed by atoms with Crippen molar-refractivity contribution >= 4 is 17.4 Å². The molecule has 0 saturated heterocycles. The molecule has 21 heavy (non-hydrogen) atoms. The number of non-ortho nitro benzene ring substituents is 1. The maximum Gasteiger partial charge on any atom is 0.319 e. The van der Waals surface area contributed by atoms with E-state index in [2.05, 4.69) is 0 Å². The highest BCUT2D eigenvalue weighted by Crippen LogP contribution is 2.40. The van der Waals surface area contributed by atoms with Crippen molar-refractivity contribution in [2.24, 2.45) is 5.41 Å². The van der Waals surface area contributed by atoms with Gasteiger partial charge in [-0.2, -0.15) is 0 Å². The molecule has 1 aromatic carbocycles. The number of carbonyl (C=O) groups excluding carboxylic acids is 2. The Morgan fingerprint density at radius 3 is 2.48 bits per heavy atom. The molecule has 0 atom stereocenters. The van der Waals surface area contributed by atoms with Gasteiger partial charge in [0.25, 0.3) is 5.69 Å². The molecule has 112 valence electrons. The van der Waals surface area contributed by atoms with Crippen molar-refractivity contribution in [2.75, 3.05) is 7.11 Å². The van der Waals surface area contributed by atoms with Gasteiger partial charge in [0.05, 0.1) is 12.0 Å². The number of nitro groups is 1. The molecule has 1 aliphatic carbocycles. The topological polar surface area (TPSA) is 86.5 Å². The van der Waals surface area contributed by atoms with Crippen LogP contribution in [0.5, 0.6) is 0 Å². The van der Waals surface area contributed by atoms with E-state index in [1.165, 1.54) is 31.4 Å². The number of carbonyl (C=O) groups is 2. The first kappa shape index (κ1) is 15.2. The van der Waals surface area contributed by atoms with Crippen LogP contribution < -0.4 is 0 Å². The summed E-state index contributed by atoms with van der Waals surface area (Å²) in [5.41, 5.74) is -1.16. The van der Waals surface area contributed by atoms with Gasteiger partial charge in [-0.3, -0.25) is 19.7 Å². The molecule has 0 radical (unpaired) electrons. The zero-order valence-electron chi connectivity index (χ0n) is 11.8. The average Bonchev–Trinajstić information content (AvgIpc) is 2.54. The molecule has 0 unspecified atom stereocenters. The van der Waals surface area contributed by atoms with Crippen molar-refractivity contribution in [3.63, 3.8) is 0 Å². The van der Waals surface area contributed by atoms with E-state index in [9.17, 15) is 19.7 Å². The summed E-state index contributed by atoms with van der Waals surface area (Å²) in [5, 5.41) is 10.8. The molecule has 0 N–H and O–H groups in total. The van der Waals surface area contributed by atoms with Gasteiger partial charge in [0.15, 0.2) is 5.78 Å². The summed E-state index contributed by atoms with van der Waals surface area (Å²) in [5.74, 6) is -0.920. The summed E-state index contributed by atoms with van der Waals surface area (Å²) in [4.78, 5) is 35.2. The monoisotopic (exact) mass is 291 g/mol. The predicted molar refractivity (Wildman–Crippen MR) is 75.0 cm³/mol. The summed E-state index contributed by atoms with van der Waals surface area (Å²) in [6, 6.07) is 5.51. The number of ketones is 1. The summed E-state index contributed by atoms with van der Waals surface area (Å²) >= 11 is 0. The third kappa shape index (κ3) is 2.79. The summed E-state index contributed by atoms with van der Waals surface area (Å²) < 4.78 is 4.82. The second kappa shape index (κ2) is 6.03. The number of rotatable bonds is 4. The first-order valence-corrected chi connectivity index (χ1v) is 6.89. The van der Waals surface area contributed by atoms with Gasteiger partial charge in [0.2, 0.25) is 0 Å². The molecular formula is C15H17NO5. The molecule has 1 aromatic rings. The highest BCUT2D eigenvalue weighted by molar-refractivity contribution is 6.12. The molecule has 0 aliphatic heterocycles. The third-order valence-electron chi connectivity index (χ3n) is 4.04. The molecule has 0 spiro atoms. The van der Waals surface area contributed by atoms with Crippen LogP contribution in [-0.4, -0.2) is 23.8 Å². The van der Waals surface area contributed by atoms with E-state index in [1.807, 2.05) is 0 Å². The number of hydrogen-bond acceptors (Lipinski definition) is 5. The van der Waals surface area contributed by atoms with Crippen LogP contribution in [0.1, 0.15) is 42.5 Å². The fourth-order valence-electron chi connectivity index (χ4n) is 2.91. The molecule has 0 heterocycles. The van der Waals surface area contributed by atoms with Gasteiger partial charge in [-0.15, -0.1) is 0 Å². The van der Waals surface area contributed by atoms with E-state index < -0.39 is 16.3 Å². The summed E-state index contributed by atoms with van der Waals surface area (Å²) in [7, 11) is 1.26. The molecule has 0 aromatic heterocycles. The predicted octanol–water partition coefficient (Wildman–Crippen LogP) is 2.90. The van der Waals surface area contributed by atoms with Crippen molar-refractivity contribution in [3.8, 4) is 0 Å². The normalized spacial score (nSPS) is 17.0. The third-order valence-corrected chi connectivity index (χ3v) is 4.04. The van der Waals surface area contributed by atoms with E-state index in [1.54, 1.807) is 0 Å². The highest BCUT2D eigenvalue weighted by atomic mass is 16.6. The van der Waals surface area contributed by atoms with Gasteiger partial charge in [0.1, 0.15) is 5.41 Å². The van der Waals surface area contributed by atoms with Gasteiger partial charge < -0.3 is 4.74 Å². The second-order valence-corrected chi connectivity index (χ2v) is 5.27. The minimum atomic E-state index is -1.19. The van der Waals surface area contributed by atoms with E-state index in [-0.39, 0.29) is 17.0 Å². The number of benzene rings is 1. The Bertz CT molecular complexity index is 575. The Labute approximate surface area is 122 Å². The van der Waals surface area contributed by atoms with E-state index in [0.717, 1.165) is 19.3 Å². The molecule has 1 saturated carbocycles. The van der Waals surface area contributed by atoms with E-state index >= 15 is 0 Å².